The zero-order chi connectivity index (χ0) is 15.2. The van der Waals surface area contributed by atoms with E-state index in [1.54, 1.807) is 13.0 Å². The van der Waals surface area contributed by atoms with Gasteiger partial charge in [-0.25, -0.2) is 0 Å². The second kappa shape index (κ2) is 7.24. The lowest BCUT2D eigenvalue weighted by Crippen LogP contribution is -2.24. The van der Waals surface area contributed by atoms with Gasteiger partial charge in [0.1, 0.15) is 5.76 Å². The van der Waals surface area contributed by atoms with E-state index in [2.05, 4.69) is 15.4 Å². The molecular formula is C15H18ClN3O2. The lowest BCUT2D eigenvalue weighted by molar-refractivity contribution is -0.116. The summed E-state index contributed by atoms with van der Waals surface area (Å²) in [6.45, 7) is 3.21. The van der Waals surface area contributed by atoms with Gasteiger partial charge in [-0.1, -0.05) is 28.9 Å². The molecule has 5 nitrogen and oxygen atoms in total. The van der Waals surface area contributed by atoms with Crippen LogP contribution in [0.2, 0.25) is 5.02 Å². The number of carbonyl (C=O) groups is 1. The summed E-state index contributed by atoms with van der Waals surface area (Å²) >= 11 is 5.85. The number of carbonyl (C=O) groups excluding carboxylic acids is 1. The average Bonchev–Trinajstić information content (AvgIpc) is 2.84. The van der Waals surface area contributed by atoms with E-state index >= 15 is 0 Å². The number of nitrogens with one attached hydrogen (secondary N) is 1. The predicted molar refractivity (Wildman–Crippen MR) is 82.3 cm³/mol. The number of nitrogens with zero attached hydrogens (tertiary/aromatic N) is 2. The molecule has 6 heteroatoms. The number of hydrogen-bond donors (Lipinski definition) is 1. The van der Waals surface area contributed by atoms with Crippen LogP contribution < -0.4 is 5.32 Å². The van der Waals surface area contributed by atoms with Crippen LogP contribution in [0.15, 0.2) is 34.9 Å². The number of halogens is 1. The fourth-order valence-electron chi connectivity index (χ4n) is 1.90. The molecule has 1 aromatic heterocycles. The molecule has 0 bridgehead atoms. The van der Waals surface area contributed by atoms with Crippen LogP contribution in [0.3, 0.4) is 0 Å². The van der Waals surface area contributed by atoms with Gasteiger partial charge < -0.3 is 14.7 Å². The number of rotatable bonds is 6. The lowest BCUT2D eigenvalue weighted by atomic mass is 10.2. The number of amides is 1. The maximum Gasteiger partial charge on any atom is 0.226 e. The second-order valence-electron chi connectivity index (χ2n) is 4.99. The quantitative estimate of drug-likeness (QED) is 0.891. The largest absolute Gasteiger partial charge is 0.360 e. The van der Waals surface area contributed by atoms with Crippen LogP contribution in [0.25, 0.3) is 0 Å². The molecule has 0 atom stereocenters. The molecular weight excluding hydrogens is 290 g/mol. The molecule has 0 saturated heterocycles. The number of hydrogen-bond acceptors (Lipinski definition) is 4. The number of anilines is 1. The molecule has 2 rings (SSSR count). The van der Waals surface area contributed by atoms with Crippen LogP contribution in [0.5, 0.6) is 0 Å². The Balaban J connectivity index is 1.74. The molecule has 0 aliphatic rings. The highest BCUT2D eigenvalue weighted by Gasteiger charge is 2.08. The molecule has 0 unspecified atom stereocenters. The molecule has 1 heterocycles. The van der Waals surface area contributed by atoms with Crippen LogP contribution in [-0.2, 0) is 11.3 Å². The fourth-order valence-corrected chi connectivity index (χ4v) is 2.03. The van der Waals surface area contributed by atoms with Crippen LogP contribution >= 0.6 is 11.6 Å². The molecule has 0 saturated carbocycles. The topological polar surface area (TPSA) is 58.4 Å². The Morgan fingerprint density at radius 1 is 1.38 bits per heavy atom. The van der Waals surface area contributed by atoms with Crippen LogP contribution in [0.1, 0.15) is 17.7 Å². The molecule has 0 radical (unpaired) electrons. The van der Waals surface area contributed by atoms with E-state index in [4.69, 9.17) is 16.1 Å². The first-order valence-electron chi connectivity index (χ1n) is 6.69. The van der Waals surface area contributed by atoms with Crippen molar-refractivity contribution in [1.29, 1.82) is 0 Å². The molecule has 21 heavy (non-hydrogen) atoms. The van der Waals surface area contributed by atoms with E-state index in [0.29, 0.717) is 24.5 Å². The Morgan fingerprint density at radius 2 is 2.10 bits per heavy atom. The summed E-state index contributed by atoms with van der Waals surface area (Å²) in [6, 6.07) is 9.39. The van der Waals surface area contributed by atoms with Gasteiger partial charge in [0.2, 0.25) is 5.91 Å². The highest BCUT2D eigenvalue weighted by atomic mass is 35.5. The van der Waals surface area contributed by atoms with E-state index in [9.17, 15) is 4.79 Å². The Labute approximate surface area is 128 Å². The predicted octanol–water partition coefficient (Wildman–Crippen LogP) is 3.10. The zero-order valence-electron chi connectivity index (χ0n) is 12.1. The summed E-state index contributed by atoms with van der Waals surface area (Å²) in [6.07, 6.45) is 0.399. The van der Waals surface area contributed by atoms with Crippen molar-refractivity contribution in [3.8, 4) is 0 Å². The molecule has 1 N–H and O–H groups in total. The van der Waals surface area contributed by atoms with Crippen molar-refractivity contribution in [3.05, 3.63) is 46.7 Å². The van der Waals surface area contributed by atoms with E-state index in [-0.39, 0.29) is 5.91 Å². The average molecular weight is 308 g/mol. The normalized spacial score (nSPS) is 10.9. The van der Waals surface area contributed by atoms with Gasteiger partial charge >= 0.3 is 0 Å². The van der Waals surface area contributed by atoms with E-state index in [1.165, 1.54) is 0 Å². The lowest BCUT2D eigenvalue weighted by Gasteiger charge is -2.16. The summed E-state index contributed by atoms with van der Waals surface area (Å²) < 4.78 is 4.89. The third-order valence-corrected chi connectivity index (χ3v) is 3.23. The molecule has 0 fully saturated rings. The highest BCUT2D eigenvalue weighted by molar-refractivity contribution is 6.30. The van der Waals surface area contributed by atoms with Crippen molar-refractivity contribution in [2.45, 2.75) is 19.9 Å². The molecule has 1 amide bonds. The van der Waals surface area contributed by atoms with Gasteiger partial charge in [0.05, 0.1) is 0 Å². The van der Waals surface area contributed by atoms with Crippen LogP contribution in [-0.4, -0.2) is 29.6 Å². The fraction of sp³-hybridized carbons (Fsp3) is 0.333. The minimum atomic E-state index is -0.0775. The smallest absolute Gasteiger partial charge is 0.226 e. The summed E-state index contributed by atoms with van der Waals surface area (Å²) in [7, 11) is 1.97. The summed E-state index contributed by atoms with van der Waals surface area (Å²) in [5.41, 5.74) is 1.16. The standard InChI is InChI=1S/C15H18ClN3O2/c1-11-9-14(18-21-11)17-15(20)7-8-19(2)10-12-3-5-13(16)6-4-12/h3-6,9H,7-8,10H2,1-2H3,(H,17,18,20). The number of aromatic nitrogens is 1. The number of benzene rings is 1. The third-order valence-electron chi connectivity index (χ3n) is 2.98. The molecule has 112 valence electrons. The van der Waals surface area contributed by atoms with E-state index < -0.39 is 0 Å². The summed E-state index contributed by atoms with van der Waals surface area (Å²) in [5, 5.41) is 7.15. The Hall–Kier alpha value is -1.85. The molecule has 0 spiro atoms. The molecule has 2 aromatic rings. The van der Waals surface area contributed by atoms with Crippen molar-refractivity contribution in [2.24, 2.45) is 0 Å². The molecule has 0 aliphatic carbocycles. The van der Waals surface area contributed by atoms with Crippen molar-refractivity contribution in [2.75, 3.05) is 18.9 Å². The Bertz CT molecular complexity index is 595. The van der Waals surface area contributed by atoms with Gasteiger partial charge in [-0.2, -0.15) is 0 Å². The molecule has 0 aliphatic heterocycles. The molecule has 1 aromatic carbocycles. The van der Waals surface area contributed by atoms with Crippen molar-refractivity contribution >= 4 is 23.3 Å². The summed E-state index contributed by atoms with van der Waals surface area (Å²) in [4.78, 5) is 13.9. The SMILES string of the molecule is Cc1cc(NC(=O)CCN(C)Cc2ccc(Cl)cc2)no1. The Morgan fingerprint density at radius 3 is 2.71 bits per heavy atom. The highest BCUT2D eigenvalue weighted by Crippen LogP contribution is 2.11. The third kappa shape index (κ3) is 5.21. The van der Waals surface area contributed by atoms with Crippen LogP contribution in [0, 0.1) is 6.92 Å². The van der Waals surface area contributed by atoms with E-state index in [1.807, 2.05) is 31.3 Å². The van der Waals surface area contributed by atoms with E-state index in [0.717, 1.165) is 17.1 Å². The zero-order valence-corrected chi connectivity index (χ0v) is 12.9. The van der Waals surface area contributed by atoms with Gasteiger partial charge in [0.15, 0.2) is 5.82 Å². The minimum Gasteiger partial charge on any atom is -0.360 e. The van der Waals surface area contributed by atoms with Gasteiger partial charge in [0.25, 0.3) is 0 Å². The first-order valence-corrected chi connectivity index (χ1v) is 7.07. The van der Waals surface area contributed by atoms with Gasteiger partial charge in [0, 0.05) is 30.6 Å². The summed E-state index contributed by atoms with van der Waals surface area (Å²) in [5.74, 6) is 1.05. The number of aryl methyl sites for hydroxylation is 1. The monoisotopic (exact) mass is 307 g/mol. The first kappa shape index (κ1) is 15.5. The van der Waals surface area contributed by atoms with Crippen LogP contribution in [0.4, 0.5) is 5.82 Å². The minimum absolute atomic E-state index is 0.0775. The maximum absolute atomic E-state index is 11.8. The maximum atomic E-state index is 11.8. The van der Waals surface area contributed by atoms with Crippen molar-refractivity contribution < 1.29 is 9.32 Å². The Kier molecular flexibility index (Phi) is 5.36. The van der Waals surface area contributed by atoms with Gasteiger partial charge in [-0.3, -0.25) is 4.79 Å². The van der Waals surface area contributed by atoms with Crippen molar-refractivity contribution in [1.82, 2.24) is 10.1 Å². The van der Waals surface area contributed by atoms with Crippen molar-refractivity contribution in [3.63, 3.8) is 0 Å². The second-order valence-corrected chi connectivity index (χ2v) is 5.42. The first-order chi connectivity index (χ1) is 10.0. The van der Waals surface area contributed by atoms with Gasteiger partial charge in [-0.15, -0.1) is 0 Å². The van der Waals surface area contributed by atoms with Gasteiger partial charge in [-0.05, 0) is 31.7 Å².